The second-order valence-corrected chi connectivity index (χ2v) is 4.25. The summed E-state index contributed by atoms with van der Waals surface area (Å²) in [6.07, 6.45) is 0. The summed E-state index contributed by atoms with van der Waals surface area (Å²) in [6, 6.07) is 1.63. The van der Waals surface area contributed by atoms with Gasteiger partial charge in [-0.05, 0) is 0 Å². The van der Waals surface area contributed by atoms with Crippen molar-refractivity contribution >= 4 is 17.3 Å². The molecule has 0 saturated carbocycles. The summed E-state index contributed by atoms with van der Waals surface area (Å²) < 4.78 is 10.1. The first-order valence-electron chi connectivity index (χ1n) is 5.10. The summed E-state index contributed by atoms with van der Waals surface area (Å²) >= 11 is 0. The molecule has 0 amide bonds. The van der Waals surface area contributed by atoms with Crippen molar-refractivity contribution in [3.8, 4) is 5.75 Å². The number of carbonyl (C=O) groups is 1. The lowest BCUT2D eigenvalue weighted by Gasteiger charge is -2.30. The molecule has 0 aliphatic carbocycles. The molecule has 1 aliphatic rings. The molecule has 0 spiro atoms. The first-order chi connectivity index (χ1) is 8.71. The summed E-state index contributed by atoms with van der Waals surface area (Å²) in [5, 5.41) is 21.6. The third-order valence-corrected chi connectivity index (χ3v) is 2.37. The second-order valence-electron chi connectivity index (χ2n) is 4.25. The van der Waals surface area contributed by atoms with Gasteiger partial charge in [-0.3, -0.25) is 20.2 Å². The number of benzene rings is 1. The van der Waals surface area contributed by atoms with Crippen LogP contribution < -0.4 is 4.74 Å². The zero-order valence-corrected chi connectivity index (χ0v) is 9.91. The van der Waals surface area contributed by atoms with Gasteiger partial charge in [-0.2, -0.15) is 0 Å². The Morgan fingerprint density at radius 2 is 1.74 bits per heavy atom. The number of non-ortho nitro benzene ring substituents is 1. The Morgan fingerprint density at radius 3 is 2.26 bits per heavy atom. The molecule has 0 fully saturated rings. The van der Waals surface area contributed by atoms with E-state index in [0.717, 1.165) is 12.1 Å². The van der Waals surface area contributed by atoms with E-state index in [1.165, 1.54) is 13.8 Å². The number of fused-ring (bicyclic) bond motifs is 1. The maximum atomic E-state index is 11.7. The van der Waals surface area contributed by atoms with Crippen LogP contribution in [0.4, 0.5) is 11.4 Å². The highest BCUT2D eigenvalue weighted by Crippen LogP contribution is 2.41. The number of ether oxygens (including phenoxy) is 2. The first kappa shape index (κ1) is 12.7. The van der Waals surface area contributed by atoms with Gasteiger partial charge in [-0.15, -0.1) is 0 Å². The fourth-order valence-corrected chi connectivity index (χ4v) is 1.64. The van der Waals surface area contributed by atoms with Gasteiger partial charge in [0.1, 0.15) is 5.56 Å². The van der Waals surface area contributed by atoms with Gasteiger partial charge in [0.25, 0.3) is 5.69 Å². The molecule has 0 saturated heterocycles. The number of carbonyl (C=O) groups excluding carboxylic acids is 1. The molecule has 100 valence electrons. The number of rotatable bonds is 2. The fraction of sp³-hybridized carbons (Fsp3) is 0.300. The molecule has 19 heavy (non-hydrogen) atoms. The molecule has 9 heteroatoms. The van der Waals surface area contributed by atoms with E-state index in [-0.39, 0.29) is 11.3 Å². The minimum atomic E-state index is -1.37. The number of nitro benzene ring substituents is 2. The molecule has 0 aromatic heterocycles. The van der Waals surface area contributed by atoms with Crippen LogP contribution >= 0.6 is 0 Å². The van der Waals surface area contributed by atoms with E-state index in [4.69, 9.17) is 9.47 Å². The van der Waals surface area contributed by atoms with Gasteiger partial charge in [0, 0.05) is 19.9 Å². The van der Waals surface area contributed by atoms with Gasteiger partial charge in [-0.25, -0.2) is 4.79 Å². The van der Waals surface area contributed by atoms with Crippen LogP contribution in [-0.2, 0) is 4.74 Å². The molecular formula is C10H8N2O7. The number of hydrogen-bond donors (Lipinski definition) is 0. The van der Waals surface area contributed by atoms with Crippen molar-refractivity contribution in [2.45, 2.75) is 19.6 Å². The maximum Gasteiger partial charge on any atom is 0.345 e. The van der Waals surface area contributed by atoms with Crippen LogP contribution in [0.15, 0.2) is 12.1 Å². The monoisotopic (exact) mass is 268 g/mol. The Balaban J connectivity index is 2.71. The molecule has 1 heterocycles. The van der Waals surface area contributed by atoms with E-state index in [9.17, 15) is 25.0 Å². The van der Waals surface area contributed by atoms with Crippen molar-refractivity contribution in [3.05, 3.63) is 37.9 Å². The Bertz CT molecular complexity index is 591. The van der Waals surface area contributed by atoms with Crippen LogP contribution in [0.5, 0.6) is 5.75 Å². The zero-order chi connectivity index (χ0) is 14.4. The van der Waals surface area contributed by atoms with Gasteiger partial charge < -0.3 is 9.47 Å². The van der Waals surface area contributed by atoms with Gasteiger partial charge in [0.2, 0.25) is 11.5 Å². The third kappa shape index (κ3) is 2.17. The average molecular weight is 268 g/mol. The van der Waals surface area contributed by atoms with Crippen molar-refractivity contribution in [2.24, 2.45) is 0 Å². The van der Waals surface area contributed by atoms with Crippen molar-refractivity contribution in [3.63, 3.8) is 0 Å². The normalized spacial score (nSPS) is 16.0. The van der Waals surface area contributed by atoms with Crippen LogP contribution in [0, 0.1) is 20.2 Å². The highest BCUT2D eigenvalue weighted by atomic mass is 16.7. The van der Waals surface area contributed by atoms with Crippen molar-refractivity contribution in [1.29, 1.82) is 0 Å². The largest absolute Gasteiger partial charge is 0.445 e. The van der Waals surface area contributed by atoms with Crippen LogP contribution in [0.3, 0.4) is 0 Å². The topological polar surface area (TPSA) is 122 Å². The molecule has 0 unspecified atom stereocenters. The Morgan fingerprint density at radius 1 is 1.11 bits per heavy atom. The van der Waals surface area contributed by atoms with Gasteiger partial charge in [0.05, 0.1) is 15.9 Å². The quantitative estimate of drug-likeness (QED) is 0.455. The van der Waals surface area contributed by atoms with Crippen LogP contribution in [-0.4, -0.2) is 21.6 Å². The van der Waals surface area contributed by atoms with E-state index < -0.39 is 33.0 Å². The fourth-order valence-electron chi connectivity index (χ4n) is 1.64. The molecule has 1 aromatic rings. The molecule has 9 nitrogen and oxygen atoms in total. The second kappa shape index (κ2) is 3.90. The molecule has 0 N–H and O–H groups in total. The summed E-state index contributed by atoms with van der Waals surface area (Å²) in [5.41, 5.74) is -1.56. The number of nitro groups is 2. The number of hydrogen-bond acceptors (Lipinski definition) is 7. The van der Waals surface area contributed by atoms with Gasteiger partial charge >= 0.3 is 11.7 Å². The lowest BCUT2D eigenvalue weighted by molar-refractivity contribution is -0.395. The standard InChI is InChI=1S/C10H8N2O7/c1-10(2)18-8-6(9(13)19-10)3-5(11(14)15)4-7(8)12(16)17/h3-4H,1-2H3. The predicted molar refractivity (Wildman–Crippen MR) is 59.9 cm³/mol. The minimum Gasteiger partial charge on any atom is -0.445 e. The molecule has 1 aliphatic heterocycles. The number of cyclic esters (lactones) is 1. The van der Waals surface area contributed by atoms with E-state index in [1.54, 1.807) is 0 Å². The van der Waals surface area contributed by atoms with Gasteiger partial charge in [-0.1, -0.05) is 0 Å². The Kier molecular flexibility index (Phi) is 2.62. The molecule has 0 atom stereocenters. The minimum absolute atomic E-state index is 0.322. The predicted octanol–water partition coefficient (Wildman–Crippen LogP) is 1.79. The smallest absolute Gasteiger partial charge is 0.345 e. The highest BCUT2D eigenvalue weighted by molar-refractivity contribution is 5.96. The van der Waals surface area contributed by atoms with Crippen LogP contribution in [0.25, 0.3) is 0 Å². The van der Waals surface area contributed by atoms with Crippen molar-refractivity contribution < 1.29 is 24.1 Å². The van der Waals surface area contributed by atoms with E-state index in [1.807, 2.05) is 0 Å². The first-order valence-corrected chi connectivity index (χ1v) is 5.10. The average Bonchev–Trinajstić information content (AvgIpc) is 2.25. The summed E-state index contributed by atoms with van der Waals surface area (Å²) in [4.78, 5) is 31.6. The van der Waals surface area contributed by atoms with Crippen molar-refractivity contribution in [2.75, 3.05) is 0 Å². The Hall–Kier alpha value is -2.71. The molecular weight excluding hydrogens is 260 g/mol. The van der Waals surface area contributed by atoms with Gasteiger partial charge in [0.15, 0.2) is 0 Å². The molecule has 0 bridgehead atoms. The van der Waals surface area contributed by atoms with E-state index >= 15 is 0 Å². The van der Waals surface area contributed by atoms with E-state index in [2.05, 4.69) is 0 Å². The summed E-state index contributed by atoms with van der Waals surface area (Å²) in [5.74, 6) is -2.60. The highest BCUT2D eigenvalue weighted by Gasteiger charge is 2.40. The van der Waals surface area contributed by atoms with Crippen LogP contribution in [0.1, 0.15) is 24.2 Å². The van der Waals surface area contributed by atoms with Crippen molar-refractivity contribution in [1.82, 2.24) is 0 Å². The molecule has 1 aromatic carbocycles. The molecule has 0 radical (unpaired) electrons. The number of nitrogens with zero attached hydrogens (tertiary/aromatic N) is 2. The summed E-state index contributed by atoms with van der Waals surface area (Å²) in [6.45, 7) is 2.80. The molecule has 2 rings (SSSR count). The zero-order valence-electron chi connectivity index (χ0n) is 9.91. The van der Waals surface area contributed by atoms with E-state index in [0.29, 0.717) is 0 Å². The van der Waals surface area contributed by atoms with Crippen LogP contribution in [0.2, 0.25) is 0 Å². The SMILES string of the molecule is CC1(C)OC(=O)c2cc([N+](=O)[O-])cc([N+](=O)[O-])c2O1. The lowest BCUT2D eigenvalue weighted by Crippen LogP contribution is -2.39. The summed E-state index contributed by atoms with van der Waals surface area (Å²) in [7, 11) is 0. The Labute approximate surface area is 106 Å². The lowest BCUT2D eigenvalue weighted by atomic mass is 10.1. The maximum absolute atomic E-state index is 11.7. The third-order valence-electron chi connectivity index (χ3n) is 2.37. The number of esters is 1.